The molecule has 0 aromatic heterocycles. The lowest BCUT2D eigenvalue weighted by Crippen LogP contribution is -2.43. The average Bonchev–Trinajstić information content (AvgIpc) is 2.47. The van der Waals surface area contributed by atoms with Gasteiger partial charge in [0.05, 0.1) is 0 Å². The minimum absolute atomic E-state index is 0.295. The second-order valence-corrected chi connectivity index (χ2v) is 7.31. The molecule has 2 atom stereocenters. The molecule has 0 aromatic carbocycles. The topological polar surface area (TPSA) is 35.6 Å². The fourth-order valence-corrected chi connectivity index (χ4v) is 4.04. The summed E-state index contributed by atoms with van der Waals surface area (Å²) < 4.78 is 0. The van der Waals surface area contributed by atoms with Gasteiger partial charge in [-0.2, -0.15) is 11.8 Å². The number of rotatable bonds is 5. The first-order chi connectivity index (χ1) is 9.66. The lowest BCUT2D eigenvalue weighted by atomic mass is 10.00. The van der Waals surface area contributed by atoms with Crippen molar-refractivity contribution in [1.82, 2.24) is 15.1 Å². The second-order valence-electron chi connectivity index (χ2n) is 6.16. The molecule has 0 bridgehead atoms. The van der Waals surface area contributed by atoms with Crippen molar-refractivity contribution in [2.75, 3.05) is 45.2 Å². The molecular formula is C15H29N3OS. The van der Waals surface area contributed by atoms with Crippen LogP contribution in [0.25, 0.3) is 0 Å². The quantitative estimate of drug-likeness (QED) is 0.833. The zero-order chi connectivity index (χ0) is 14.4. The Kier molecular flexibility index (Phi) is 6.65. The minimum Gasteiger partial charge on any atom is -0.346 e. The average molecular weight is 299 g/mol. The Hall–Kier alpha value is -0.260. The number of carbonyl (C=O) groups is 1. The maximum atomic E-state index is 12.2. The Morgan fingerprint density at radius 1 is 1.45 bits per heavy atom. The van der Waals surface area contributed by atoms with Crippen molar-refractivity contribution in [3.8, 4) is 0 Å². The highest BCUT2D eigenvalue weighted by atomic mass is 32.2. The van der Waals surface area contributed by atoms with Crippen LogP contribution in [-0.2, 0) is 4.79 Å². The van der Waals surface area contributed by atoms with Crippen LogP contribution in [0.2, 0.25) is 0 Å². The number of amides is 1. The first-order valence-corrected chi connectivity index (χ1v) is 9.07. The molecule has 116 valence electrons. The molecule has 0 saturated carbocycles. The summed E-state index contributed by atoms with van der Waals surface area (Å²) in [5.74, 6) is 2.54. The number of likely N-dealkylation sites (tertiary alicyclic amines) is 1. The Morgan fingerprint density at radius 2 is 2.30 bits per heavy atom. The van der Waals surface area contributed by atoms with E-state index in [9.17, 15) is 4.79 Å². The van der Waals surface area contributed by atoms with E-state index in [0.29, 0.717) is 24.4 Å². The van der Waals surface area contributed by atoms with Crippen LogP contribution in [0.15, 0.2) is 0 Å². The SMILES string of the molecule is CN(CCC1CCCCN1C)C(=O)CC1CSCCN1. The molecule has 2 heterocycles. The molecule has 20 heavy (non-hydrogen) atoms. The predicted molar refractivity (Wildman–Crippen MR) is 86.3 cm³/mol. The van der Waals surface area contributed by atoms with E-state index >= 15 is 0 Å². The van der Waals surface area contributed by atoms with Crippen LogP contribution in [0, 0.1) is 0 Å². The summed E-state index contributed by atoms with van der Waals surface area (Å²) in [5.41, 5.74) is 0. The van der Waals surface area contributed by atoms with E-state index in [2.05, 4.69) is 17.3 Å². The van der Waals surface area contributed by atoms with Crippen molar-refractivity contribution in [3.05, 3.63) is 0 Å². The van der Waals surface area contributed by atoms with E-state index < -0.39 is 0 Å². The second kappa shape index (κ2) is 8.25. The molecule has 2 aliphatic heterocycles. The molecule has 1 amide bonds. The van der Waals surface area contributed by atoms with Crippen molar-refractivity contribution in [1.29, 1.82) is 0 Å². The van der Waals surface area contributed by atoms with Gasteiger partial charge in [0.1, 0.15) is 0 Å². The Morgan fingerprint density at radius 3 is 3.00 bits per heavy atom. The van der Waals surface area contributed by atoms with Crippen LogP contribution in [0.4, 0.5) is 0 Å². The van der Waals surface area contributed by atoms with E-state index in [1.54, 1.807) is 0 Å². The predicted octanol–water partition coefficient (Wildman–Crippen LogP) is 1.41. The third-order valence-electron chi connectivity index (χ3n) is 4.56. The summed E-state index contributed by atoms with van der Waals surface area (Å²) in [7, 11) is 4.18. The molecule has 5 heteroatoms. The van der Waals surface area contributed by atoms with Gasteiger partial charge in [0, 0.05) is 50.1 Å². The smallest absolute Gasteiger partial charge is 0.223 e. The van der Waals surface area contributed by atoms with E-state index in [-0.39, 0.29) is 0 Å². The molecule has 2 fully saturated rings. The monoisotopic (exact) mass is 299 g/mol. The van der Waals surface area contributed by atoms with Crippen LogP contribution < -0.4 is 5.32 Å². The molecular weight excluding hydrogens is 270 g/mol. The number of hydrogen-bond donors (Lipinski definition) is 1. The Labute approximate surface area is 127 Å². The molecule has 2 aliphatic rings. The van der Waals surface area contributed by atoms with Crippen LogP contribution in [0.1, 0.15) is 32.1 Å². The largest absolute Gasteiger partial charge is 0.346 e. The molecule has 0 aromatic rings. The summed E-state index contributed by atoms with van der Waals surface area (Å²) >= 11 is 1.95. The molecule has 2 unspecified atom stereocenters. The van der Waals surface area contributed by atoms with Crippen LogP contribution in [0.3, 0.4) is 0 Å². The number of carbonyl (C=O) groups excluding carboxylic acids is 1. The van der Waals surface area contributed by atoms with Crippen molar-refractivity contribution in [2.45, 2.75) is 44.2 Å². The Bertz CT molecular complexity index is 307. The normalized spacial score (nSPS) is 28.3. The summed E-state index contributed by atoms with van der Waals surface area (Å²) in [6.45, 7) is 3.15. The fraction of sp³-hybridized carbons (Fsp3) is 0.933. The third kappa shape index (κ3) is 4.93. The van der Waals surface area contributed by atoms with Crippen LogP contribution >= 0.6 is 11.8 Å². The van der Waals surface area contributed by atoms with E-state index in [4.69, 9.17) is 0 Å². The molecule has 4 nitrogen and oxygen atoms in total. The van der Waals surface area contributed by atoms with Crippen molar-refractivity contribution in [2.24, 2.45) is 0 Å². The maximum absolute atomic E-state index is 12.2. The van der Waals surface area contributed by atoms with Gasteiger partial charge in [0.2, 0.25) is 5.91 Å². The molecule has 2 rings (SSSR count). The fourth-order valence-electron chi connectivity index (χ4n) is 3.09. The van der Waals surface area contributed by atoms with Crippen molar-refractivity contribution in [3.63, 3.8) is 0 Å². The van der Waals surface area contributed by atoms with Gasteiger partial charge >= 0.3 is 0 Å². The van der Waals surface area contributed by atoms with Crippen LogP contribution in [0.5, 0.6) is 0 Å². The number of piperidine rings is 1. The van der Waals surface area contributed by atoms with E-state index in [0.717, 1.165) is 25.3 Å². The van der Waals surface area contributed by atoms with Gasteiger partial charge in [0.15, 0.2) is 0 Å². The van der Waals surface area contributed by atoms with Gasteiger partial charge in [0.25, 0.3) is 0 Å². The number of nitrogens with zero attached hydrogens (tertiary/aromatic N) is 2. The van der Waals surface area contributed by atoms with Gasteiger partial charge in [-0.15, -0.1) is 0 Å². The minimum atomic E-state index is 0.295. The highest BCUT2D eigenvalue weighted by Gasteiger charge is 2.22. The zero-order valence-electron chi connectivity index (χ0n) is 12.9. The number of hydrogen-bond acceptors (Lipinski definition) is 4. The highest BCUT2D eigenvalue weighted by molar-refractivity contribution is 7.99. The maximum Gasteiger partial charge on any atom is 0.223 e. The lowest BCUT2D eigenvalue weighted by molar-refractivity contribution is -0.130. The van der Waals surface area contributed by atoms with Crippen molar-refractivity contribution < 1.29 is 4.79 Å². The first kappa shape index (κ1) is 16.1. The highest BCUT2D eigenvalue weighted by Crippen LogP contribution is 2.18. The molecule has 0 aliphatic carbocycles. The van der Waals surface area contributed by atoms with Gasteiger partial charge in [-0.1, -0.05) is 6.42 Å². The summed E-state index contributed by atoms with van der Waals surface area (Å²) in [6, 6.07) is 1.04. The van der Waals surface area contributed by atoms with Crippen molar-refractivity contribution >= 4 is 17.7 Å². The molecule has 1 N–H and O–H groups in total. The van der Waals surface area contributed by atoms with Crippen LogP contribution in [-0.4, -0.2) is 73.0 Å². The van der Waals surface area contributed by atoms with Gasteiger partial charge < -0.3 is 15.1 Å². The Balaban J connectivity index is 1.67. The zero-order valence-corrected chi connectivity index (χ0v) is 13.8. The lowest BCUT2D eigenvalue weighted by Gasteiger charge is -2.33. The van der Waals surface area contributed by atoms with Gasteiger partial charge in [-0.05, 0) is 32.9 Å². The summed E-state index contributed by atoms with van der Waals surface area (Å²) in [6.07, 6.45) is 5.73. The summed E-state index contributed by atoms with van der Waals surface area (Å²) in [4.78, 5) is 16.6. The number of nitrogens with one attached hydrogen (secondary N) is 1. The standard InChI is InChI=1S/C15H29N3OS/c1-17-8-4-3-5-14(17)6-9-18(2)15(19)11-13-12-20-10-7-16-13/h13-14,16H,3-12H2,1-2H3. The molecule has 2 saturated heterocycles. The third-order valence-corrected chi connectivity index (χ3v) is 5.70. The van der Waals surface area contributed by atoms with E-state index in [1.165, 1.54) is 31.6 Å². The van der Waals surface area contributed by atoms with E-state index in [1.807, 2.05) is 23.7 Å². The van der Waals surface area contributed by atoms with Gasteiger partial charge in [-0.25, -0.2) is 0 Å². The first-order valence-electron chi connectivity index (χ1n) is 7.92. The summed E-state index contributed by atoms with van der Waals surface area (Å²) in [5, 5.41) is 3.44. The van der Waals surface area contributed by atoms with Gasteiger partial charge in [-0.3, -0.25) is 4.79 Å². The number of thioether (sulfide) groups is 1. The molecule has 0 radical (unpaired) electrons. The molecule has 0 spiro atoms.